The lowest BCUT2D eigenvalue weighted by Gasteiger charge is -2.25. The molecule has 0 aliphatic rings. The third-order valence-corrected chi connectivity index (χ3v) is 5.68. The van der Waals surface area contributed by atoms with Gasteiger partial charge in [-0.25, -0.2) is 8.42 Å². The second-order valence-electron chi connectivity index (χ2n) is 5.49. The summed E-state index contributed by atoms with van der Waals surface area (Å²) < 4.78 is 43.5. The van der Waals surface area contributed by atoms with Crippen LogP contribution in [0.1, 0.15) is 5.56 Å². The maximum atomic E-state index is 13.2. The van der Waals surface area contributed by atoms with Gasteiger partial charge in [0.15, 0.2) is 0 Å². The summed E-state index contributed by atoms with van der Waals surface area (Å²) in [6, 6.07) is 9.71. The van der Waals surface area contributed by atoms with Crippen LogP contribution < -0.4 is 18.5 Å². The highest BCUT2D eigenvalue weighted by atomic mass is 32.2. The fourth-order valence-corrected chi connectivity index (χ4v) is 4.10. The van der Waals surface area contributed by atoms with E-state index in [0.717, 1.165) is 5.56 Å². The van der Waals surface area contributed by atoms with E-state index >= 15 is 0 Å². The first-order valence-corrected chi connectivity index (χ1v) is 9.33. The van der Waals surface area contributed by atoms with E-state index in [-0.39, 0.29) is 11.4 Å². The molecule has 140 valence electrons. The lowest BCUT2D eigenvalue weighted by Crippen LogP contribution is -2.31. The van der Waals surface area contributed by atoms with E-state index in [1.807, 2.05) is 0 Å². The Labute approximate surface area is 154 Å². The Bertz CT molecular complexity index is 893. The summed E-state index contributed by atoms with van der Waals surface area (Å²) in [5, 5.41) is 0. The van der Waals surface area contributed by atoms with Crippen molar-refractivity contribution in [2.75, 3.05) is 32.2 Å². The fourth-order valence-electron chi connectivity index (χ4n) is 2.57. The number of hydrogen-bond acceptors (Lipinski definition) is 5. The maximum absolute atomic E-state index is 13.2. The molecule has 0 spiro atoms. The molecule has 0 unspecified atom stereocenters. The van der Waals surface area contributed by atoms with Crippen LogP contribution in [0.15, 0.2) is 53.9 Å². The molecule has 0 saturated carbocycles. The van der Waals surface area contributed by atoms with Gasteiger partial charge in [0.1, 0.15) is 17.2 Å². The average molecular weight is 377 g/mol. The Kier molecular flexibility index (Phi) is 6.15. The van der Waals surface area contributed by atoms with Crippen molar-refractivity contribution in [2.24, 2.45) is 0 Å². The molecule has 0 fully saturated rings. The minimum absolute atomic E-state index is 0.0934. The van der Waals surface area contributed by atoms with Crippen LogP contribution in [-0.2, 0) is 10.0 Å². The highest BCUT2D eigenvalue weighted by molar-refractivity contribution is 7.92. The molecule has 0 aliphatic carbocycles. The highest BCUT2D eigenvalue weighted by Crippen LogP contribution is 2.36. The van der Waals surface area contributed by atoms with Gasteiger partial charge in [0.2, 0.25) is 0 Å². The van der Waals surface area contributed by atoms with Crippen molar-refractivity contribution in [1.29, 1.82) is 0 Å². The summed E-state index contributed by atoms with van der Waals surface area (Å²) in [5.74, 6) is 1.59. The molecule has 0 amide bonds. The number of aryl methyl sites for hydroxylation is 1. The molecule has 0 radical (unpaired) electrons. The number of sulfonamides is 1. The molecule has 0 N–H and O–H groups in total. The van der Waals surface area contributed by atoms with Gasteiger partial charge in [0.05, 0.1) is 38.5 Å². The fraction of sp³-hybridized carbons (Fsp3) is 0.263. The van der Waals surface area contributed by atoms with Crippen LogP contribution in [0.5, 0.6) is 17.2 Å². The molecule has 0 aliphatic heterocycles. The number of hydrogen-bond donors (Lipinski definition) is 0. The highest BCUT2D eigenvalue weighted by Gasteiger charge is 2.27. The largest absolute Gasteiger partial charge is 0.497 e. The third-order valence-electron chi connectivity index (χ3n) is 3.90. The van der Waals surface area contributed by atoms with Crippen molar-refractivity contribution < 1.29 is 22.6 Å². The number of methoxy groups -OCH3 is 3. The van der Waals surface area contributed by atoms with Crippen LogP contribution in [-0.4, -0.2) is 36.3 Å². The van der Waals surface area contributed by atoms with Crippen LogP contribution in [0.4, 0.5) is 5.69 Å². The summed E-state index contributed by atoms with van der Waals surface area (Å²) in [4.78, 5) is 0.163. The first-order valence-electron chi connectivity index (χ1n) is 7.89. The van der Waals surface area contributed by atoms with Gasteiger partial charge in [0.25, 0.3) is 10.0 Å². The SMILES string of the molecule is C=CCN(c1ccc(OC)cc1OC)S(=O)(=O)c1ccc(OC)c(C)c1. The monoisotopic (exact) mass is 377 g/mol. The Morgan fingerprint density at radius 1 is 1.00 bits per heavy atom. The molecule has 2 aromatic carbocycles. The van der Waals surface area contributed by atoms with Crippen molar-refractivity contribution in [2.45, 2.75) is 11.8 Å². The summed E-state index contributed by atoms with van der Waals surface area (Å²) in [6.07, 6.45) is 1.53. The smallest absolute Gasteiger partial charge is 0.264 e. The Hall–Kier alpha value is -2.67. The molecule has 0 heterocycles. The van der Waals surface area contributed by atoms with E-state index in [2.05, 4.69) is 6.58 Å². The number of rotatable bonds is 8. The van der Waals surface area contributed by atoms with E-state index in [1.54, 1.807) is 44.4 Å². The topological polar surface area (TPSA) is 65.1 Å². The Morgan fingerprint density at radius 2 is 1.69 bits per heavy atom. The molecule has 2 rings (SSSR count). The third kappa shape index (κ3) is 3.77. The predicted octanol–water partition coefficient (Wildman–Crippen LogP) is 3.40. The van der Waals surface area contributed by atoms with Gasteiger partial charge in [-0.05, 0) is 42.8 Å². The van der Waals surface area contributed by atoms with Gasteiger partial charge in [0, 0.05) is 6.07 Å². The van der Waals surface area contributed by atoms with Gasteiger partial charge in [-0.15, -0.1) is 6.58 Å². The lowest BCUT2D eigenvalue weighted by molar-refractivity contribution is 0.395. The summed E-state index contributed by atoms with van der Waals surface area (Å²) in [6.45, 7) is 5.56. The molecule has 6 nitrogen and oxygen atoms in total. The number of nitrogens with zero attached hydrogens (tertiary/aromatic N) is 1. The quantitative estimate of drug-likeness (QED) is 0.660. The molecular formula is C19H23NO5S. The molecule has 0 aromatic heterocycles. The van der Waals surface area contributed by atoms with E-state index in [1.165, 1.54) is 30.7 Å². The zero-order valence-electron chi connectivity index (χ0n) is 15.4. The van der Waals surface area contributed by atoms with Crippen molar-refractivity contribution in [3.8, 4) is 17.2 Å². The first-order chi connectivity index (χ1) is 12.4. The maximum Gasteiger partial charge on any atom is 0.264 e. The van der Waals surface area contributed by atoms with Crippen LogP contribution in [0.2, 0.25) is 0 Å². The van der Waals surface area contributed by atoms with E-state index in [4.69, 9.17) is 14.2 Å². The van der Waals surface area contributed by atoms with Crippen molar-refractivity contribution in [3.05, 3.63) is 54.6 Å². The van der Waals surface area contributed by atoms with Gasteiger partial charge in [-0.1, -0.05) is 6.08 Å². The lowest BCUT2D eigenvalue weighted by atomic mass is 10.2. The van der Waals surface area contributed by atoms with Crippen molar-refractivity contribution in [1.82, 2.24) is 0 Å². The summed E-state index contributed by atoms with van der Waals surface area (Å²) >= 11 is 0. The predicted molar refractivity (Wildman–Crippen MR) is 102 cm³/mol. The van der Waals surface area contributed by atoms with Crippen LogP contribution >= 0.6 is 0 Å². The Morgan fingerprint density at radius 3 is 2.23 bits per heavy atom. The molecule has 7 heteroatoms. The number of benzene rings is 2. The standard InChI is InChI=1S/C19H23NO5S/c1-6-11-20(17-9-7-15(23-3)13-19(17)25-5)26(21,22)16-8-10-18(24-4)14(2)12-16/h6-10,12-13H,1,11H2,2-5H3. The Balaban J connectivity index is 2.59. The second-order valence-corrected chi connectivity index (χ2v) is 7.36. The normalized spacial score (nSPS) is 10.9. The van der Waals surface area contributed by atoms with Crippen molar-refractivity contribution >= 4 is 15.7 Å². The molecule has 2 aromatic rings. The minimum Gasteiger partial charge on any atom is -0.497 e. The van der Waals surface area contributed by atoms with Gasteiger partial charge in [-0.3, -0.25) is 4.31 Å². The van der Waals surface area contributed by atoms with Crippen LogP contribution in [0.3, 0.4) is 0 Å². The molecule has 0 bridgehead atoms. The molecule has 0 atom stereocenters. The molecular weight excluding hydrogens is 354 g/mol. The first kappa shape index (κ1) is 19.7. The van der Waals surface area contributed by atoms with Crippen LogP contribution in [0.25, 0.3) is 0 Å². The second kappa shape index (κ2) is 8.14. The van der Waals surface area contributed by atoms with Gasteiger partial charge >= 0.3 is 0 Å². The van der Waals surface area contributed by atoms with Gasteiger partial charge < -0.3 is 14.2 Å². The molecule has 26 heavy (non-hydrogen) atoms. The van der Waals surface area contributed by atoms with E-state index in [9.17, 15) is 8.42 Å². The summed E-state index contributed by atoms with van der Waals surface area (Å²) in [5.41, 5.74) is 1.13. The van der Waals surface area contributed by atoms with E-state index in [0.29, 0.717) is 22.9 Å². The number of ether oxygens (including phenoxy) is 3. The number of anilines is 1. The zero-order valence-corrected chi connectivity index (χ0v) is 16.2. The van der Waals surface area contributed by atoms with Crippen molar-refractivity contribution in [3.63, 3.8) is 0 Å². The minimum atomic E-state index is -3.83. The van der Waals surface area contributed by atoms with Gasteiger partial charge in [-0.2, -0.15) is 0 Å². The summed E-state index contributed by atoms with van der Waals surface area (Å²) in [7, 11) is 0.729. The van der Waals surface area contributed by atoms with E-state index < -0.39 is 10.0 Å². The average Bonchev–Trinajstić information content (AvgIpc) is 2.65. The van der Waals surface area contributed by atoms with Crippen LogP contribution in [0, 0.1) is 6.92 Å². The molecule has 0 saturated heterocycles. The zero-order chi connectivity index (χ0) is 19.3.